The zero-order chi connectivity index (χ0) is 32.5. The maximum absolute atomic E-state index is 16.2. The van der Waals surface area contributed by atoms with Crippen molar-refractivity contribution in [3.05, 3.63) is 28.8 Å². The fraction of sp³-hybridized carbons (Fsp3) is 0.552. The quantitative estimate of drug-likeness (QED) is 0.206. The van der Waals surface area contributed by atoms with Crippen molar-refractivity contribution < 1.29 is 31.8 Å². The smallest absolute Gasteiger partial charge is 0.417 e. The Hall–Kier alpha value is -3.52. The molecule has 0 spiro atoms. The van der Waals surface area contributed by atoms with E-state index in [0.717, 1.165) is 26.5 Å². The number of nitrogens with two attached hydrogens (primary N) is 1. The third-order valence-electron chi connectivity index (χ3n) is 6.71. The Morgan fingerprint density at radius 3 is 2.28 bits per heavy atom. The van der Waals surface area contributed by atoms with Gasteiger partial charge in [0.25, 0.3) is 0 Å². The van der Waals surface area contributed by atoms with E-state index in [1.54, 1.807) is 0 Å². The van der Waals surface area contributed by atoms with E-state index < -0.39 is 45.9 Å². The number of rotatable bonds is 2. The molecule has 0 saturated carbocycles. The molecule has 43 heavy (non-hydrogen) atoms. The van der Waals surface area contributed by atoms with Crippen molar-refractivity contribution in [2.75, 3.05) is 55.8 Å². The number of benzene rings is 1. The fourth-order valence-corrected chi connectivity index (χ4v) is 4.61. The molecule has 1 aromatic carbocycles. The predicted octanol–water partition coefficient (Wildman–Crippen LogP) is 5.92. The summed E-state index contributed by atoms with van der Waals surface area (Å²) < 4.78 is 78.8. The average molecular weight is 616 g/mol. The van der Waals surface area contributed by atoms with Crippen LogP contribution in [0.3, 0.4) is 0 Å². The standard InChI is InChI=1S/C24H26F5N7O.2C2H6.CH4O/c1-11-4-8-36(11)23-34-20-15-21(35-23)32-7-6-31-5-3-9-37-22(15)33-19(18(20)26)13-10-14(30)17(25)12(2)16(13)24(27,28)29;3*1-2/h10-11,31H,3-9,30H2,1-2H3,(H,32,34,35);2*1-2H3;2H,1H3. The van der Waals surface area contributed by atoms with Crippen molar-refractivity contribution >= 4 is 28.4 Å². The Morgan fingerprint density at radius 2 is 1.70 bits per heavy atom. The molecule has 0 amide bonds. The van der Waals surface area contributed by atoms with Crippen molar-refractivity contribution in [1.29, 1.82) is 0 Å². The lowest BCUT2D eigenvalue weighted by Crippen LogP contribution is -2.46. The van der Waals surface area contributed by atoms with Gasteiger partial charge in [-0.05, 0) is 44.9 Å². The minimum Gasteiger partial charge on any atom is -0.477 e. The zero-order valence-electron chi connectivity index (χ0n) is 25.7. The number of ether oxygens (including phenoxy) is 1. The lowest BCUT2D eigenvalue weighted by molar-refractivity contribution is -0.137. The summed E-state index contributed by atoms with van der Waals surface area (Å²) in [6, 6.07) is 0.869. The van der Waals surface area contributed by atoms with E-state index in [1.807, 2.05) is 39.5 Å². The number of aromatic nitrogens is 3. The molecular formula is C29H42F5N7O2. The van der Waals surface area contributed by atoms with E-state index in [-0.39, 0.29) is 41.2 Å². The number of pyridine rings is 1. The first-order valence-electron chi connectivity index (χ1n) is 14.4. The van der Waals surface area contributed by atoms with Crippen LogP contribution in [0.2, 0.25) is 0 Å². The Kier molecular flexibility index (Phi) is 13.1. The number of nitrogen functional groups attached to an aromatic ring is 1. The maximum Gasteiger partial charge on any atom is 0.417 e. The van der Waals surface area contributed by atoms with Crippen LogP contribution in [0.5, 0.6) is 5.88 Å². The summed E-state index contributed by atoms with van der Waals surface area (Å²) in [6.07, 6.45) is -3.53. The molecule has 1 fully saturated rings. The van der Waals surface area contributed by atoms with Crippen LogP contribution in [0.25, 0.3) is 22.2 Å². The van der Waals surface area contributed by atoms with Crippen molar-refractivity contribution in [3.8, 4) is 17.1 Å². The van der Waals surface area contributed by atoms with Gasteiger partial charge >= 0.3 is 6.18 Å². The molecule has 4 heterocycles. The summed E-state index contributed by atoms with van der Waals surface area (Å²) in [6.45, 7) is 13.4. The van der Waals surface area contributed by atoms with Crippen LogP contribution in [-0.2, 0) is 6.18 Å². The number of hydrogen-bond acceptors (Lipinski definition) is 9. The second-order valence-electron chi connectivity index (χ2n) is 9.21. The summed E-state index contributed by atoms with van der Waals surface area (Å²) in [7, 11) is 1.00. The first-order valence-corrected chi connectivity index (χ1v) is 14.4. The molecule has 1 atom stereocenters. The summed E-state index contributed by atoms with van der Waals surface area (Å²) >= 11 is 0. The number of aliphatic hydroxyl groups excluding tert-OH is 1. The van der Waals surface area contributed by atoms with Crippen LogP contribution >= 0.6 is 0 Å². The number of aliphatic hydroxyl groups is 1. The van der Waals surface area contributed by atoms with Crippen LogP contribution in [0, 0.1) is 18.6 Å². The fourth-order valence-electron chi connectivity index (χ4n) is 4.61. The average Bonchev–Trinajstić information content (AvgIpc) is 3.03. The Bertz CT molecular complexity index is 1370. The number of anilines is 3. The van der Waals surface area contributed by atoms with Crippen molar-refractivity contribution in [3.63, 3.8) is 0 Å². The zero-order valence-corrected chi connectivity index (χ0v) is 25.7. The largest absolute Gasteiger partial charge is 0.477 e. The molecule has 240 valence electrons. The highest BCUT2D eigenvalue weighted by atomic mass is 19.4. The third kappa shape index (κ3) is 7.53. The molecular weight excluding hydrogens is 573 g/mol. The normalized spacial score (nSPS) is 16.4. The van der Waals surface area contributed by atoms with E-state index in [1.165, 1.54) is 0 Å². The predicted molar refractivity (Wildman–Crippen MR) is 161 cm³/mol. The minimum atomic E-state index is -5.00. The van der Waals surface area contributed by atoms with E-state index in [9.17, 15) is 17.6 Å². The number of nitrogens with zero attached hydrogens (tertiary/aromatic N) is 4. The van der Waals surface area contributed by atoms with Gasteiger partial charge in [-0.25, -0.2) is 18.7 Å². The number of alkyl halides is 3. The number of nitrogens with one attached hydrogen (secondary N) is 2. The molecule has 9 nitrogen and oxygen atoms in total. The van der Waals surface area contributed by atoms with Crippen LogP contribution in [-0.4, -0.2) is 66.0 Å². The van der Waals surface area contributed by atoms with Crippen molar-refractivity contribution in [2.45, 2.75) is 66.6 Å². The SMILES string of the molecule is CC.CC.CO.Cc1c(F)c(N)cc(-c2nc3c4c(nc(N5CCC5C)nc4c2F)NCCNCCCO3)c1C(F)(F)F. The lowest BCUT2D eigenvalue weighted by atomic mass is 9.96. The van der Waals surface area contributed by atoms with Gasteiger partial charge in [0.05, 0.1) is 17.9 Å². The van der Waals surface area contributed by atoms with Gasteiger partial charge < -0.3 is 31.1 Å². The van der Waals surface area contributed by atoms with E-state index >= 15 is 4.39 Å². The highest BCUT2D eigenvalue weighted by molar-refractivity contribution is 5.97. The molecule has 0 radical (unpaired) electrons. The Morgan fingerprint density at radius 1 is 1.02 bits per heavy atom. The van der Waals surface area contributed by atoms with Gasteiger partial charge in [-0.1, -0.05) is 27.7 Å². The van der Waals surface area contributed by atoms with Gasteiger partial charge in [0, 0.05) is 38.3 Å². The van der Waals surface area contributed by atoms with Crippen molar-refractivity contribution in [2.24, 2.45) is 0 Å². The minimum absolute atomic E-state index is 0.116. The molecule has 5 N–H and O–H groups in total. The van der Waals surface area contributed by atoms with Crippen LogP contribution in [0.4, 0.5) is 39.4 Å². The van der Waals surface area contributed by atoms with Crippen LogP contribution in [0.1, 0.15) is 58.6 Å². The molecule has 5 rings (SSSR count). The molecule has 1 saturated heterocycles. The molecule has 2 aliphatic rings. The molecule has 3 aromatic rings. The summed E-state index contributed by atoms with van der Waals surface area (Å²) in [5, 5.41) is 13.5. The second kappa shape index (κ2) is 15.8. The molecule has 0 bridgehead atoms. The van der Waals surface area contributed by atoms with Gasteiger partial charge in [-0.15, -0.1) is 0 Å². The van der Waals surface area contributed by atoms with E-state index in [4.69, 9.17) is 15.6 Å². The molecule has 0 aliphatic carbocycles. The molecule has 14 heteroatoms. The maximum atomic E-state index is 16.2. The van der Waals surface area contributed by atoms with Crippen molar-refractivity contribution in [1.82, 2.24) is 20.3 Å². The van der Waals surface area contributed by atoms with Gasteiger partial charge in [-0.2, -0.15) is 18.2 Å². The lowest BCUT2D eigenvalue weighted by Gasteiger charge is -2.38. The van der Waals surface area contributed by atoms with Gasteiger partial charge in [0.1, 0.15) is 28.2 Å². The molecule has 2 aliphatic heterocycles. The molecule has 1 unspecified atom stereocenters. The summed E-state index contributed by atoms with van der Waals surface area (Å²) in [5.41, 5.74) is 1.40. The number of hydrogen-bond donors (Lipinski definition) is 4. The van der Waals surface area contributed by atoms with Crippen LogP contribution < -0.4 is 26.0 Å². The summed E-state index contributed by atoms with van der Waals surface area (Å²) in [4.78, 5) is 15.1. The third-order valence-corrected chi connectivity index (χ3v) is 6.71. The number of halogens is 5. The topological polar surface area (TPSA) is 121 Å². The van der Waals surface area contributed by atoms with Gasteiger partial charge in [-0.3, -0.25) is 0 Å². The Labute approximate surface area is 249 Å². The highest BCUT2D eigenvalue weighted by Crippen LogP contribution is 2.44. The summed E-state index contributed by atoms with van der Waals surface area (Å²) in [5.74, 6) is -1.94. The van der Waals surface area contributed by atoms with Gasteiger partial charge in [0.2, 0.25) is 11.8 Å². The second-order valence-corrected chi connectivity index (χ2v) is 9.21. The van der Waals surface area contributed by atoms with E-state index in [0.29, 0.717) is 32.6 Å². The van der Waals surface area contributed by atoms with E-state index in [2.05, 4.69) is 25.6 Å². The highest BCUT2D eigenvalue weighted by Gasteiger charge is 2.39. The van der Waals surface area contributed by atoms with Gasteiger partial charge in [0.15, 0.2) is 5.82 Å². The first-order chi connectivity index (χ1) is 20.6. The monoisotopic (exact) mass is 615 g/mol. The van der Waals surface area contributed by atoms with Crippen LogP contribution in [0.15, 0.2) is 6.07 Å². The first kappa shape index (κ1) is 35.7. The molecule has 2 aromatic heterocycles. The Balaban J connectivity index is 0.00000101.